The van der Waals surface area contributed by atoms with Gasteiger partial charge in [0.25, 0.3) is 5.91 Å². The topological polar surface area (TPSA) is 91.9 Å². The summed E-state index contributed by atoms with van der Waals surface area (Å²) in [6.45, 7) is 0.447. The van der Waals surface area contributed by atoms with E-state index in [4.69, 9.17) is 0 Å². The van der Waals surface area contributed by atoms with E-state index in [-0.39, 0.29) is 22.1 Å². The largest absolute Gasteiger partial charge is 0.352 e. The number of benzene rings is 4. The van der Waals surface area contributed by atoms with Gasteiger partial charge >= 0.3 is 0 Å². The fourth-order valence-electron chi connectivity index (χ4n) is 4.35. The van der Waals surface area contributed by atoms with E-state index in [1.54, 1.807) is 12.3 Å². The third-order valence-electron chi connectivity index (χ3n) is 6.42. The average Bonchev–Trinajstić information content (AvgIpc) is 3.48. The minimum Gasteiger partial charge on any atom is -0.352 e. The zero-order valence-electron chi connectivity index (χ0n) is 21.5. The lowest BCUT2D eigenvalue weighted by molar-refractivity contribution is 0.0953. The maximum atomic E-state index is 13.6. The van der Waals surface area contributed by atoms with Crippen molar-refractivity contribution >= 4 is 26.5 Å². The van der Waals surface area contributed by atoms with Gasteiger partial charge in [0.2, 0.25) is 0 Å². The molecule has 0 saturated heterocycles. The summed E-state index contributed by atoms with van der Waals surface area (Å²) >= 11 is 0. The third kappa shape index (κ3) is 6.63. The first kappa shape index (κ1) is 26.9. The average molecular weight is 552 g/mol. The Morgan fingerprint density at radius 3 is 2.48 bits per heavy atom. The fraction of sp³-hybridized carbons (Fsp3) is 0.125. The number of halogens is 1. The first-order chi connectivity index (χ1) is 19.4. The smallest absolute Gasteiger partial charge is 0.251 e. The molecular weight excluding hydrogens is 525 g/mol. The number of carbonyl (C=O) groups is 1. The van der Waals surface area contributed by atoms with Crippen molar-refractivity contribution in [2.75, 3.05) is 6.54 Å². The lowest BCUT2D eigenvalue weighted by Gasteiger charge is -2.11. The number of aromatic nitrogens is 2. The van der Waals surface area contributed by atoms with E-state index in [1.807, 2.05) is 42.6 Å². The number of amides is 1. The highest BCUT2D eigenvalue weighted by Gasteiger charge is 2.21. The number of carbonyl (C=O) groups excluding carboxylic acids is 1. The summed E-state index contributed by atoms with van der Waals surface area (Å²) in [5.74, 6) is 4.87. The van der Waals surface area contributed by atoms with Crippen LogP contribution < -0.4 is 5.32 Å². The number of nitrogens with one attached hydrogen (secondary N) is 2. The maximum Gasteiger partial charge on any atom is 0.251 e. The maximum absolute atomic E-state index is 13.6. The Balaban J connectivity index is 1.41. The van der Waals surface area contributed by atoms with Crippen molar-refractivity contribution < 1.29 is 17.6 Å². The van der Waals surface area contributed by atoms with Gasteiger partial charge in [-0.05, 0) is 77.2 Å². The number of aromatic amines is 1. The van der Waals surface area contributed by atoms with Crippen LogP contribution >= 0.6 is 0 Å². The first-order valence-electron chi connectivity index (χ1n) is 12.8. The number of hydrogen-bond donors (Lipinski definition) is 2. The van der Waals surface area contributed by atoms with Crippen LogP contribution in [0.15, 0.2) is 102 Å². The summed E-state index contributed by atoms with van der Waals surface area (Å²) in [5, 5.41) is 11.5. The van der Waals surface area contributed by atoms with Gasteiger partial charge < -0.3 is 5.32 Å². The molecule has 0 saturated carbocycles. The molecule has 0 aliphatic heterocycles. The van der Waals surface area contributed by atoms with Crippen molar-refractivity contribution in [3.63, 3.8) is 0 Å². The van der Waals surface area contributed by atoms with Crippen LogP contribution in [0, 0.1) is 17.7 Å². The van der Waals surface area contributed by atoms with Gasteiger partial charge in [-0.1, -0.05) is 54.3 Å². The Morgan fingerprint density at radius 1 is 0.900 bits per heavy atom. The van der Waals surface area contributed by atoms with E-state index in [9.17, 15) is 17.6 Å². The molecule has 5 aromatic rings. The monoisotopic (exact) mass is 551 g/mol. The van der Waals surface area contributed by atoms with Crippen molar-refractivity contribution in [1.29, 1.82) is 0 Å². The molecule has 0 fully saturated rings. The quantitative estimate of drug-likeness (QED) is 0.199. The summed E-state index contributed by atoms with van der Waals surface area (Å²) in [5.41, 5.74) is 2.73. The highest BCUT2D eigenvalue weighted by atomic mass is 32.2. The van der Waals surface area contributed by atoms with Gasteiger partial charge in [-0.15, -0.1) is 0 Å². The summed E-state index contributed by atoms with van der Waals surface area (Å²) in [7, 11) is -3.82. The summed E-state index contributed by atoms with van der Waals surface area (Å²) in [4.78, 5) is 12.9. The highest BCUT2D eigenvalue weighted by Crippen LogP contribution is 2.24. The number of aryl methyl sites for hydroxylation is 1. The fourth-order valence-corrected chi connectivity index (χ4v) is 5.84. The SMILES string of the molecule is O=C(NCCCc1cn[nH]c1)c1ccc(S(=O)(=O)Cc2ccc3ccccc3c2)c(C#Cc2ccc(F)cc2)c1. The second kappa shape index (κ2) is 12.0. The molecule has 1 amide bonds. The van der Waals surface area contributed by atoms with Gasteiger partial charge in [0, 0.05) is 29.4 Å². The third-order valence-corrected chi connectivity index (χ3v) is 8.16. The zero-order valence-corrected chi connectivity index (χ0v) is 22.3. The van der Waals surface area contributed by atoms with Crippen LogP contribution in [0.3, 0.4) is 0 Å². The Hall–Kier alpha value is -4.74. The summed E-state index contributed by atoms with van der Waals surface area (Å²) < 4.78 is 40.5. The highest BCUT2D eigenvalue weighted by molar-refractivity contribution is 7.90. The van der Waals surface area contributed by atoms with E-state index in [2.05, 4.69) is 27.4 Å². The van der Waals surface area contributed by atoms with Gasteiger partial charge in [0.1, 0.15) is 5.82 Å². The molecule has 200 valence electrons. The lowest BCUT2D eigenvalue weighted by atomic mass is 10.1. The molecule has 4 aromatic carbocycles. The van der Waals surface area contributed by atoms with E-state index in [0.29, 0.717) is 23.2 Å². The van der Waals surface area contributed by atoms with E-state index in [1.165, 1.54) is 42.5 Å². The van der Waals surface area contributed by atoms with Gasteiger partial charge in [-0.3, -0.25) is 9.89 Å². The molecular formula is C32H26FN3O3S. The van der Waals surface area contributed by atoms with Crippen LogP contribution in [-0.2, 0) is 22.0 Å². The molecule has 6 nitrogen and oxygen atoms in total. The Labute approximate surface area is 232 Å². The number of H-pyrrole nitrogens is 1. The van der Waals surface area contributed by atoms with Crippen LogP contribution in [0.4, 0.5) is 4.39 Å². The van der Waals surface area contributed by atoms with Crippen molar-refractivity contribution in [3.8, 4) is 11.8 Å². The zero-order chi connectivity index (χ0) is 28.0. The number of nitrogens with zero attached hydrogens (tertiary/aromatic N) is 1. The van der Waals surface area contributed by atoms with Crippen LogP contribution in [-0.4, -0.2) is 31.1 Å². The van der Waals surface area contributed by atoms with Crippen LogP contribution in [0.25, 0.3) is 10.8 Å². The summed E-state index contributed by atoms with van der Waals surface area (Å²) in [6.07, 6.45) is 5.04. The predicted octanol–water partition coefficient (Wildman–Crippen LogP) is 5.44. The standard InChI is InChI=1S/C32H26FN3O3S/c33-30-14-9-23(10-15-30)7-12-28-19-29(32(37)34-17-3-4-25-20-35-36-21-25)13-16-31(28)40(38,39)22-24-8-11-26-5-1-2-6-27(26)18-24/h1-2,5-6,8-11,13-16,18-21H,3-4,17,22H2,(H,34,37)(H,35,36). The lowest BCUT2D eigenvalue weighted by Crippen LogP contribution is -2.25. The van der Waals surface area contributed by atoms with Gasteiger partial charge in [0.15, 0.2) is 9.84 Å². The van der Waals surface area contributed by atoms with E-state index < -0.39 is 15.7 Å². The Bertz CT molecular complexity index is 1820. The normalized spacial score (nSPS) is 11.1. The molecule has 0 bridgehead atoms. The minimum absolute atomic E-state index is 0.0341. The molecule has 5 rings (SSSR count). The molecule has 2 N–H and O–H groups in total. The molecule has 0 aliphatic carbocycles. The molecule has 1 aromatic heterocycles. The van der Waals surface area contributed by atoms with Crippen molar-refractivity contribution in [1.82, 2.24) is 15.5 Å². The van der Waals surface area contributed by atoms with Gasteiger partial charge in [0.05, 0.1) is 16.8 Å². The van der Waals surface area contributed by atoms with Crippen LogP contribution in [0.2, 0.25) is 0 Å². The molecule has 0 atom stereocenters. The van der Waals surface area contributed by atoms with Crippen molar-refractivity contribution in [2.45, 2.75) is 23.5 Å². The van der Waals surface area contributed by atoms with Crippen molar-refractivity contribution in [2.24, 2.45) is 0 Å². The van der Waals surface area contributed by atoms with E-state index in [0.717, 1.165) is 29.2 Å². The number of rotatable bonds is 8. The minimum atomic E-state index is -3.82. The second-order valence-electron chi connectivity index (χ2n) is 9.37. The predicted molar refractivity (Wildman–Crippen MR) is 153 cm³/mol. The van der Waals surface area contributed by atoms with Crippen molar-refractivity contribution in [3.05, 3.63) is 131 Å². The molecule has 0 spiro atoms. The Morgan fingerprint density at radius 2 is 1.70 bits per heavy atom. The molecule has 0 radical (unpaired) electrons. The molecule has 0 aliphatic rings. The molecule has 1 heterocycles. The number of sulfone groups is 1. The van der Waals surface area contributed by atoms with Crippen LogP contribution in [0.5, 0.6) is 0 Å². The van der Waals surface area contributed by atoms with Gasteiger partial charge in [-0.25, -0.2) is 12.8 Å². The number of hydrogen-bond acceptors (Lipinski definition) is 4. The molecule has 0 unspecified atom stereocenters. The van der Waals surface area contributed by atoms with E-state index >= 15 is 0 Å². The molecule has 8 heteroatoms. The first-order valence-corrected chi connectivity index (χ1v) is 14.4. The van der Waals surface area contributed by atoms with Crippen LogP contribution in [0.1, 0.15) is 39.0 Å². The second-order valence-corrected chi connectivity index (χ2v) is 11.3. The Kier molecular flexibility index (Phi) is 8.04. The molecule has 40 heavy (non-hydrogen) atoms. The summed E-state index contributed by atoms with van der Waals surface area (Å²) in [6, 6.07) is 23.3. The number of fused-ring (bicyclic) bond motifs is 1. The van der Waals surface area contributed by atoms with Gasteiger partial charge in [-0.2, -0.15) is 5.10 Å².